The van der Waals surface area contributed by atoms with E-state index in [1.165, 1.54) is 24.9 Å². The Kier molecular flexibility index (Phi) is 12.1. The summed E-state index contributed by atoms with van der Waals surface area (Å²) in [5.41, 5.74) is 7.05. The lowest BCUT2D eigenvalue weighted by Crippen LogP contribution is -2.37. The topological polar surface area (TPSA) is 53.6 Å². The molecule has 0 aliphatic carbocycles. The predicted molar refractivity (Wildman–Crippen MR) is 104 cm³/mol. The molecule has 0 aliphatic heterocycles. The number of nitrogens with two attached hydrogens (primary N) is 1. The summed E-state index contributed by atoms with van der Waals surface area (Å²) in [5, 5.41) is 3.16. The van der Waals surface area contributed by atoms with Crippen molar-refractivity contribution >= 4 is 35.6 Å². The van der Waals surface area contributed by atoms with Crippen LogP contribution in [0, 0.1) is 0 Å². The number of halogens is 1. The van der Waals surface area contributed by atoms with Crippen LogP contribution in [0.5, 0.6) is 0 Å². The summed E-state index contributed by atoms with van der Waals surface area (Å²) in [6.07, 6.45) is 4.90. The van der Waals surface area contributed by atoms with E-state index in [0.717, 1.165) is 26.1 Å². The minimum Gasteiger partial charge on any atom is -0.373 e. The Labute approximate surface area is 146 Å². The summed E-state index contributed by atoms with van der Waals surface area (Å²) < 4.78 is 0. The van der Waals surface area contributed by atoms with Gasteiger partial charge in [0.1, 0.15) is 0 Å². The first-order chi connectivity index (χ1) is 9.74. The number of hydrogen-bond donors (Lipinski definition) is 2. The Hall–Kier alpha value is -0.980. The smallest absolute Gasteiger partial charge is 0.188 e. The molecule has 0 spiro atoms. The fraction of sp³-hybridized carbons (Fsp3) is 0.562. The molecular weight excluding hydrogens is 375 g/mol. The first kappa shape index (κ1) is 20.0. The summed E-state index contributed by atoms with van der Waals surface area (Å²) in [7, 11) is 2.08. The van der Waals surface area contributed by atoms with Crippen LogP contribution >= 0.6 is 24.0 Å². The largest absolute Gasteiger partial charge is 0.373 e. The third-order valence-electron chi connectivity index (χ3n) is 3.24. The van der Waals surface area contributed by atoms with Crippen molar-refractivity contribution in [3.8, 4) is 0 Å². The van der Waals surface area contributed by atoms with Crippen LogP contribution in [0.3, 0.4) is 0 Å². The third kappa shape index (κ3) is 9.55. The molecule has 0 aromatic heterocycles. The Balaban J connectivity index is 0.00000400. The highest BCUT2D eigenvalue weighted by atomic mass is 127. The SMILES string of the molecule is CCCCCCN=C(N)NCCN(C)c1ccccc1.I. The van der Waals surface area contributed by atoms with E-state index < -0.39 is 0 Å². The lowest BCUT2D eigenvalue weighted by atomic mass is 10.2. The van der Waals surface area contributed by atoms with E-state index >= 15 is 0 Å². The highest BCUT2D eigenvalue weighted by Gasteiger charge is 1.99. The number of para-hydroxylation sites is 1. The number of benzene rings is 1. The van der Waals surface area contributed by atoms with Crippen LogP contribution in [0.4, 0.5) is 5.69 Å². The summed E-state index contributed by atoms with van der Waals surface area (Å²) >= 11 is 0. The highest BCUT2D eigenvalue weighted by Crippen LogP contribution is 2.09. The van der Waals surface area contributed by atoms with Crippen molar-refractivity contribution in [2.24, 2.45) is 10.7 Å². The zero-order valence-electron chi connectivity index (χ0n) is 13.2. The zero-order valence-corrected chi connectivity index (χ0v) is 15.5. The van der Waals surface area contributed by atoms with Gasteiger partial charge in [-0.25, -0.2) is 0 Å². The second kappa shape index (κ2) is 12.7. The molecule has 0 bridgehead atoms. The fourth-order valence-electron chi connectivity index (χ4n) is 1.96. The monoisotopic (exact) mass is 404 g/mol. The number of guanidine groups is 1. The highest BCUT2D eigenvalue weighted by molar-refractivity contribution is 14.0. The molecule has 0 fully saturated rings. The van der Waals surface area contributed by atoms with Crippen LogP contribution in [-0.4, -0.2) is 32.6 Å². The summed E-state index contributed by atoms with van der Waals surface area (Å²) in [6.45, 7) is 4.74. The van der Waals surface area contributed by atoms with Crippen molar-refractivity contribution in [2.45, 2.75) is 32.6 Å². The van der Waals surface area contributed by atoms with Gasteiger partial charge < -0.3 is 16.0 Å². The minimum absolute atomic E-state index is 0. The number of anilines is 1. The summed E-state index contributed by atoms with van der Waals surface area (Å²) in [5.74, 6) is 0.558. The van der Waals surface area contributed by atoms with Crippen LogP contribution in [-0.2, 0) is 0 Å². The number of nitrogens with zero attached hydrogens (tertiary/aromatic N) is 2. The normalized spacial score (nSPS) is 10.9. The molecule has 1 rings (SSSR count). The van der Waals surface area contributed by atoms with E-state index in [9.17, 15) is 0 Å². The van der Waals surface area contributed by atoms with Gasteiger partial charge >= 0.3 is 0 Å². The van der Waals surface area contributed by atoms with Crippen molar-refractivity contribution < 1.29 is 0 Å². The van der Waals surface area contributed by atoms with Gasteiger partial charge in [0.25, 0.3) is 0 Å². The molecule has 0 amide bonds. The van der Waals surface area contributed by atoms with Gasteiger partial charge in [-0.2, -0.15) is 0 Å². The van der Waals surface area contributed by atoms with Gasteiger partial charge in [0.15, 0.2) is 5.96 Å². The predicted octanol–water partition coefficient (Wildman–Crippen LogP) is 3.23. The van der Waals surface area contributed by atoms with Crippen LogP contribution in [0.2, 0.25) is 0 Å². The molecule has 0 radical (unpaired) electrons. The molecule has 0 unspecified atom stereocenters. The first-order valence-electron chi connectivity index (χ1n) is 7.54. The van der Waals surface area contributed by atoms with Gasteiger partial charge in [-0.15, -0.1) is 24.0 Å². The van der Waals surface area contributed by atoms with Gasteiger partial charge in [0.2, 0.25) is 0 Å². The third-order valence-corrected chi connectivity index (χ3v) is 3.24. The molecular formula is C16H29IN4. The Morgan fingerprint density at radius 2 is 1.90 bits per heavy atom. The molecule has 4 nitrogen and oxygen atoms in total. The maximum atomic E-state index is 5.83. The van der Waals surface area contributed by atoms with Crippen LogP contribution in [0.15, 0.2) is 35.3 Å². The van der Waals surface area contributed by atoms with Gasteiger partial charge in [0.05, 0.1) is 0 Å². The van der Waals surface area contributed by atoms with Crippen molar-refractivity contribution in [3.63, 3.8) is 0 Å². The average molecular weight is 404 g/mol. The van der Waals surface area contributed by atoms with Crippen molar-refractivity contribution in [2.75, 3.05) is 31.6 Å². The molecule has 3 N–H and O–H groups in total. The maximum absolute atomic E-state index is 5.83. The van der Waals surface area contributed by atoms with E-state index in [-0.39, 0.29) is 24.0 Å². The maximum Gasteiger partial charge on any atom is 0.188 e. The van der Waals surface area contributed by atoms with Crippen LogP contribution in [0.25, 0.3) is 0 Å². The molecule has 21 heavy (non-hydrogen) atoms. The summed E-state index contributed by atoms with van der Waals surface area (Å²) in [4.78, 5) is 6.53. The Morgan fingerprint density at radius 3 is 2.57 bits per heavy atom. The molecule has 0 saturated heterocycles. The number of nitrogens with one attached hydrogen (secondary N) is 1. The quantitative estimate of drug-likeness (QED) is 0.288. The second-order valence-electron chi connectivity index (χ2n) is 5.01. The number of likely N-dealkylation sites (N-methyl/N-ethyl adjacent to an activating group) is 1. The molecule has 0 aliphatic rings. The van der Waals surface area contributed by atoms with Crippen molar-refractivity contribution in [1.82, 2.24) is 5.32 Å². The van der Waals surface area contributed by atoms with E-state index in [1.807, 2.05) is 18.2 Å². The molecule has 1 aromatic carbocycles. The molecule has 120 valence electrons. The second-order valence-corrected chi connectivity index (χ2v) is 5.01. The number of aliphatic imine (C=N–C) groups is 1. The summed E-state index contributed by atoms with van der Waals surface area (Å²) in [6, 6.07) is 10.3. The molecule has 5 heteroatoms. The average Bonchev–Trinajstić information content (AvgIpc) is 2.48. The molecule has 0 heterocycles. The van der Waals surface area contributed by atoms with E-state index in [4.69, 9.17) is 5.73 Å². The zero-order chi connectivity index (χ0) is 14.6. The van der Waals surface area contributed by atoms with Crippen LogP contribution in [0.1, 0.15) is 32.6 Å². The van der Waals surface area contributed by atoms with Gasteiger partial charge in [-0.05, 0) is 18.6 Å². The molecule has 0 atom stereocenters. The number of unbranched alkanes of at least 4 members (excludes halogenated alkanes) is 3. The van der Waals surface area contributed by atoms with Gasteiger partial charge in [0, 0.05) is 32.4 Å². The van der Waals surface area contributed by atoms with Gasteiger partial charge in [-0.1, -0.05) is 44.4 Å². The number of hydrogen-bond acceptors (Lipinski definition) is 2. The van der Waals surface area contributed by atoms with Crippen molar-refractivity contribution in [1.29, 1.82) is 0 Å². The minimum atomic E-state index is 0. The van der Waals surface area contributed by atoms with Crippen LogP contribution < -0.4 is 16.0 Å². The Bertz CT molecular complexity index is 381. The number of rotatable bonds is 9. The molecule has 1 aromatic rings. The fourth-order valence-corrected chi connectivity index (χ4v) is 1.96. The van der Waals surface area contributed by atoms with E-state index in [0.29, 0.717) is 5.96 Å². The standard InChI is InChI=1S/C16H28N4.HI/c1-3-4-5-9-12-18-16(17)19-13-14-20(2)15-10-7-6-8-11-15;/h6-8,10-11H,3-5,9,12-14H2,1-2H3,(H3,17,18,19);1H. The first-order valence-corrected chi connectivity index (χ1v) is 7.54. The molecule has 0 saturated carbocycles. The van der Waals surface area contributed by atoms with Gasteiger partial charge in [-0.3, -0.25) is 4.99 Å². The van der Waals surface area contributed by atoms with E-state index in [2.05, 4.69) is 41.3 Å². The Morgan fingerprint density at radius 1 is 1.19 bits per heavy atom. The lowest BCUT2D eigenvalue weighted by Gasteiger charge is -2.19. The van der Waals surface area contributed by atoms with E-state index in [1.54, 1.807) is 0 Å². The van der Waals surface area contributed by atoms with Crippen molar-refractivity contribution in [3.05, 3.63) is 30.3 Å². The lowest BCUT2D eigenvalue weighted by molar-refractivity contribution is 0.673.